The molecular weight excluding hydrogens is 269 g/mol. The molecule has 0 radical (unpaired) electrons. The van der Waals surface area contributed by atoms with E-state index in [1.165, 1.54) is 18.2 Å². The van der Waals surface area contributed by atoms with E-state index in [2.05, 4.69) is 5.32 Å². The standard InChI is InChI=1S/C10H9Cl2NO4/c11-5-1-2-6(7(12)3-5)9(15)13-4-8(14)10(16)17/h1-3,8,14H,4H2,(H,13,15)(H,16,17). The number of hydrogen-bond acceptors (Lipinski definition) is 3. The number of aliphatic carboxylic acids is 1. The Morgan fingerprint density at radius 1 is 1.35 bits per heavy atom. The van der Waals surface area contributed by atoms with Gasteiger partial charge < -0.3 is 15.5 Å². The molecule has 1 aromatic rings. The quantitative estimate of drug-likeness (QED) is 0.771. The Morgan fingerprint density at radius 3 is 2.53 bits per heavy atom. The summed E-state index contributed by atoms with van der Waals surface area (Å²) < 4.78 is 0. The van der Waals surface area contributed by atoms with E-state index in [0.29, 0.717) is 5.02 Å². The first-order chi connectivity index (χ1) is 7.91. The summed E-state index contributed by atoms with van der Waals surface area (Å²) in [6.45, 7) is -0.396. The Hall–Kier alpha value is -1.30. The summed E-state index contributed by atoms with van der Waals surface area (Å²) in [6, 6.07) is 4.29. The number of benzene rings is 1. The first-order valence-corrected chi connectivity index (χ1v) is 5.31. The maximum Gasteiger partial charge on any atom is 0.334 e. The van der Waals surface area contributed by atoms with Crippen molar-refractivity contribution in [2.45, 2.75) is 6.10 Å². The number of hydrogen-bond donors (Lipinski definition) is 3. The number of amides is 1. The molecule has 5 nitrogen and oxygen atoms in total. The fraction of sp³-hybridized carbons (Fsp3) is 0.200. The smallest absolute Gasteiger partial charge is 0.334 e. The van der Waals surface area contributed by atoms with Crippen LogP contribution in [0, 0.1) is 0 Å². The number of carboxylic acids is 1. The van der Waals surface area contributed by atoms with Crippen molar-refractivity contribution in [2.75, 3.05) is 6.54 Å². The molecule has 3 N–H and O–H groups in total. The minimum absolute atomic E-state index is 0.153. The third-order valence-corrected chi connectivity index (χ3v) is 2.46. The zero-order valence-corrected chi connectivity index (χ0v) is 10.00. The van der Waals surface area contributed by atoms with Crippen molar-refractivity contribution in [2.24, 2.45) is 0 Å². The Balaban J connectivity index is 2.67. The lowest BCUT2D eigenvalue weighted by atomic mass is 10.2. The number of carbonyl (C=O) groups is 2. The van der Waals surface area contributed by atoms with Crippen LogP contribution in [0.5, 0.6) is 0 Å². The average Bonchev–Trinajstić information content (AvgIpc) is 2.25. The topological polar surface area (TPSA) is 86.6 Å². The number of halogens is 2. The lowest BCUT2D eigenvalue weighted by Gasteiger charge is -2.08. The van der Waals surface area contributed by atoms with E-state index in [4.69, 9.17) is 33.4 Å². The summed E-state index contributed by atoms with van der Waals surface area (Å²) in [5.41, 5.74) is 0.161. The predicted octanol–water partition coefficient (Wildman–Crippen LogP) is 1.17. The van der Waals surface area contributed by atoms with Crippen molar-refractivity contribution in [1.29, 1.82) is 0 Å². The molecule has 0 saturated carbocycles. The van der Waals surface area contributed by atoms with Crippen LogP contribution in [0.4, 0.5) is 0 Å². The summed E-state index contributed by atoms with van der Waals surface area (Å²) in [6.07, 6.45) is -1.65. The average molecular weight is 278 g/mol. The lowest BCUT2D eigenvalue weighted by molar-refractivity contribution is -0.146. The molecule has 1 atom stereocenters. The Bertz CT molecular complexity index is 450. The number of rotatable bonds is 4. The monoisotopic (exact) mass is 277 g/mol. The highest BCUT2D eigenvalue weighted by molar-refractivity contribution is 6.36. The van der Waals surface area contributed by atoms with Gasteiger partial charge in [0, 0.05) is 5.02 Å². The summed E-state index contributed by atoms with van der Waals surface area (Å²) in [4.78, 5) is 21.9. The fourth-order valence-corrected chi connectivity index (χ4v) is 1.54. The number of carbonyl (C=O) groups excluding carboxylic acids is 1. The van der Waals surface area contributed by atoms with Gasteiger partial charge in [0.2, 0.25) is 0 Å². The van der Waals surface area contributed by atoms with Crippen molar-refractivity contribution in [3.63, 3.8) is 0 Å². The van der Waals surface area contributed by atoms with E-state index in [-0.39, 0.29) is 10.6 Å². The summed E-state index contributed by atoms with van der Waals surface area (Å²) in [5, 5.41) is 20.2. The van der Waals surface area contributed by atoms with Crippen molar-refractivity contribution >= 4 is 35.1 Å². The Labute approximate surface area is 107 Å². The molecule has 0 aliphatic rings. The van der Waals surface area contributed by atoms with Crippen molar-refractivity contribution in [3.8, 4) is 0 Å². The van der Waals surface area contributed by atoms with Gasteiger partial charge in [-0.1, -0.05) is 23.2 Å². The molecule has 1 unspecified atom stereocenters. The van der Waals surface area contributed by atoms with Gasteiger partial charge in [-0.2, -0.15) is 0 Å². The van der Waals surface area contributed by atoms with E-state index in [9.17, 15) is 9.59 Å². The molecule has 0 aromatic heterocycles. The van der Waals surface area contributed by atoms with Crippen LogP contribution in [0.25, 0.3) is 0 Å². The van der Waals surface area contributed by atoms with Crippen LogP contribution in [0.1, 0.15) is 10.4 Å². The van der Waals surface area contributed by atoms with Crippen LogP contribution in [-0.2, 0) is 4.79 Å². The number of carboxylic acid groups (broad SMARTS) is 1. The van der Waals surface area contributed by atoms with Crippen LogP contribution in [0.15, 0.2) is 18.2 Å². The van der Waals surface area contributed by atoms with E-state index < -0.39 is 24.5 Å². The predicted molar refractivity (Wildman–Crippen MR) is 62.4 cm³/mol. The van der Waals surface area contributed by atoms with E-state index in [1.807, 2.05) is 0 Å². The van der Waals surface area contributed by atoms with Crippen LogP contribution in [0.2, 0.25) is 10.0 Å². The van der Waals surface area contributed by atoms with E-state index in [0.717, 1.165) is 0 Å². The molecule has 0 fully saturated rings. The van der Waals surface area contributed by atoms with Crippen molar-refractivity contribution in [1.82, 2.24) is 5.32 Å². The molecule has 0 aliphatic heterocycles. The zero-order valence-electron chi connectivity index (χ0n) is 8.48. The first-order valence-electron chi connectivity index (χ1n) is 4.56. The lowest BCUT2D eigenvalue weighted by Crippen LogP contribution is -2.36. The second-order valence-electron chi connectivity index (χ2n) is 3.19. The molecule has 0 spiro atoms. The van der Waals surface area contributed by atoms with Crippen molar-refractivity contribution < 1.29 is 19.8 Å². The molecular formula is C10H9Cl2NO4. The molecule has 0 bridgehead atoms. The molecule has 7 heteroatoms. The van der Waals surface area contributed by atoms with Crippen LogP contribution in [-0.4, -0.2) is 34.7 Å². The SMILES string of the molecule is O=C(NCC(O)C(=O)O)c1ccc(Cl)cc1Cl. The molecule has 1 aromatic carbocycles. The molecule has 92 valence electrons. The second kappa shape index (κ2) is 5.86. The van der Waals surface area contributed by atoms with E-state index in [1.54, 1.807) is 0 Å². The van der Waals surface area contributed by atoms with Gasteiger partial charge in [0.1, 0.15) is 0 Å². The van der Waals surface area contributed by atoms with Gasteiger partial charge in [-0.05, 0) is 18.2 Å². The third-order valence-electron chi connectivity index (χ3n) is 1.92. The van der Waals surface area contributed by atoms with Crippen LogP contribution in [0.3, 0.4) is 0 Å². The largest absolute Gasteiger partial charge is 0.479 e. The second-order valence-corrected chi connectivity index (χ2v) is 4.03. The van der Waals surface area contributed by atoms with Crippen LogP contribution >= 0.6 is 23.2 Å². The molecule has 0 saturated heterocycles. The maximum atomic E-state index is 11.6. The van der Waals surface area contributed by atoms with Gasteiger partial charge in [-0.25, -0.2) is 4.79 Å². The molecule has 0 aliphatic carbocycles. The molecule has 17 heavy (non-hydrogen) atoms. The third kappa shape index (κ3) is 3.89. The molecule has 1 amide bonds. The summed E-state index contributed by atoms with van der Waals surface area (Å²) in [7, 11) is 0. The summed E-state index contributed by atoms with van der Waals surface area (Å²) in [5.74, 6) is -1.99. The fourth-order valence-electron chi connectivity index (χ4n) is 1.05. The Morgan fingerprint density at radius 2 is 2.00 bits per heavy atom. The van der Waals surface area contributed by atoms with Crippen molar-refractivity contribution in [3.05, 3.63) is 33.8 Å². The highest BCUT2D eigenvalue weighted by Crippen LogP contribution is 2.20. The van der Waals surface area contributed by atoms with Crippen LogP contribution < -0.4 is 5.32 Å². The van der Waals surface area contributed by atoms with Gasteiger partial charge in [-0.3, -0.25) is 4.79 Å². The number of aliphatic hydroxyl groups is 1. The Kier molecular flexibility index (Phi) is 4.74. The highest BCUT2D eigenvalue weighted by atomic mass is 35.5. The van der Waals surface area contributed by atoms with Gasteiger partial charge >= 0.3 is 5.97 Å². The van der Waals surface area contributed by atoms with Gasteiger partial charge in [0.05, 0.1) is 17.1 Å². The zero-order chi connectivity index (χ0) is 13.0. The molecule has 0 heterocycles. The van der Waals surface area contributed by atoms with Gasteiger partial charge in [0.25, 0.3) is 5.91 Å². The minimum Gasteiger partial charge on any atom is -0.479 e. The van der Waals surface area contributed by atoms with Gasteiger partial charge in [-0.15, -0.1) is 0 Å². The number of nitrogens with one attached hydrogen (secondary N) is 1. The van der Waals surface area contributed by atoms with E-state index >= 15 is 0 Å². The highest BCUT2D eigenvalue weighted by Gasteiger charge is 2.16. The maximum absolute atomic E-state index is 11.6. The number of aliphatic hydroxyl groups excluding tert-OH is 1. The molecule has 1 rings (SSSR count). The minimum atomic E-state index is -1.65. The summed E-state index contributed by atoms with van der Waals surface area (Å²) >= 11 is 11.4. The normalized spacial score (nSPS) is 11.9. The van der Waals surface area contributed by atoms with Gasteiger partial charge in [0.15, 0.2) is 6.10 Å². The first kappa shape index (κ1) is 13.8.